The summed E-state index contributed by atoms with van der Waals surface area (Å²) in [4.78, 5) is 0. The SMILES string of the molecule is C=C(P1[C@H](C)CC[C@H]1C)P1[C@H](C)CC[C@H]1C. The van der Waals surface area contributed by atoms with Crippen LogP contribution in [-0.2, 0) is 0 Å². The fraction of sp³-hybridized carbons (Fsp3) is 0.857. The van der Waals surface area contributed by atoms with Gasteiger partial charge in [-0.25, -0.2) is 0 Å². The molecule has 2 aliphatic rings. The van der Waals surface area contributed by atoms with Crippen LogP contribution in [0, 0.1) is 0 Å². The Morgan fingerprint density at radius 2 is 1.00 bits per heavy atom. The molecule has 0 aromatic heterocycles. The first-order chi connectivity index (χ1) is 7.52. The van der Waals surface area contributed by atoms with Crippen LogP contribution in [0.25, 0.3) is 0 Å². The Hall–Kier alpha value is 0.600. The quantitative estimate of drug-likeness (QED) is 0.567. The zero-order chi connectivity index (χ0) is 11.9. The fourth-order valence-electron chi connectivity index (χ4n) is 3.54. The van der Waals surface area contributed by atoms with Crippen LogP contribution in [0.3, 0.4) is 0 Å². The summed E-state index contributed by atoms with van der Waals surface area (Å²) in [5.74, 6) is 0. The molecule has 2 heterocycles. The van der Waals surface area contributed by atoms with E-state index in [1.807, 2.05) is 0 Å². The van der Waals surface area contributed by atoms with Crippen molar-refractivity contribution in [3.05, 3.63) is 11.6 Å². The van der Waals surface area contributed by atoms with Crippen LogP contribution >= 0.6 is 15.8 Å². The number of hydrogen-bond acceptors (Lipinski definition) is 0. The Kier molecular flexibility index (Phi) is 4.14. The molecule has 0 radical (unpaired) electrons. The summed E-state index contributed by atoms with van der Waals surface area (Å²) in [7, 11) is 0.283. The zero-order valence-electron chi connectivity index (χ0n) is 11.2. The highest BCUT2D eigenvalue weighted by molar-refractivity contribution is 7.83. The van der Waals surface area contributed by atoms with Crippen molar-refractivity contribution >= 4 is 15.8 Å². The summed E-state index contributed by atoms with van der Waals surface area (Å²) >= 11 is 0. The van der Waals surface area contributed by atoms with Gasteiger partial charge in [0.1, 0.15) is 0 Å². The van der Waals surface area contributed by atoms with Crippen LogP contribution in [0.15, 0.2) is 11.6 Å². The molecule has 0 amide bonds. The number of rotatable bonds is 2. The molecular weight excluding hydrogens is 230 g/mol. The van der Waals surface area contributed by atoms with Crippen molar-refractivity contribution in [2.75, 3.05) is 0 Å². The van der Waals surface area contributed by atoms with Crippen molar-refractivity contribution in [2.45, 2.75) is 76.0 Å². The molecule has 0 nitrogen and oxygen atoms in total. The van der Waals surface area contributed by atoms with Gasteiger partial charge in [0.2, 0.25) is 0 Å². The lowest BCUT2D eigenvalue weighted by atomic mass is 10.2. The monoisotopic (exact) mass is 256 g/mol. The number of hydrogen-bond donors (Lipinski definition) is 0. The van der Waals surface area contributed by atoms with Crippen LogP contribution in [-0.4, -0.2) is 22.6 Å². The molecule has 2 fully saturated rings. The molecule has 0 N–H and O–H groups in total. The third-order valence-corrected chi connectivity index (χ3v) is 11.9. The van der Waals surface area contributed by atoms with E-state index in [-0.39, 0.29) is 15.8 Å². The Labute approximate surface area is 104 Å². The summed E-state index contributed by atoms with van der Waals surface area (Å²) in [5, 5.41) is 1.74. The maximum absolute atomic E-state index is 4.58. The average Bonchev–Trinajstić information content (AvgIpc) is 2.71. The standard InChI is InChI=1S/C14H26P2/c1-10-6-7-11(2)15(10)14(5)16-12(3)8-9-13(16)4/h10-13H,5-9H2,1-4H3/t10-,11-,12-,13-/m1/s1. The smallest absolute Gasteiger partial charge is 0.0195 e. The second-order valence-corrected chi connectivity index (χ2v) is 12.4. The highest BCUT2D eigenvalue weighted by Gasteiger charge is 2.39. The van der Waals surface area contributed by atoms with Crippen LogP contribution in [0.4, 0.5) is 0 Å². The average molecular weight is 256 g/mol. The molecule has 4 atom stereocenters. The van der Waals surface area contributed by atoms with Gasteiger partial charge in [-0.2, -0.15) is 0 Å². The molecule has 0 unspecified atom stereocenters. The first-order valence-corrected chi connectivity index (χ1v) is 9.74. The van der Waals surface area contributed by atoms with E-state index in [0.717, 1.165) is 22.6 Å². The van der Waals surface area contributed by atoms with Gasteiger partial charge in [0, 0.05) is 0 Å². The van der Waals surface area contributed by atoms with Gasteiger partial charge in [-0.3, -0.25) is 0 Å². The van der Waals surface area contributed by atoms with Crippen LogP contribution in [0.5, 0.6) is 0 Å². The Bertz CT molecular complexity index is 228. The predicted octanol–water partition coefficient (Wildman–Crippen LogP) is 5.56. The molecule has 2 rings (SSSR count). The topological polar surface area (TPSA) is 0 Å². The van der Waals surface area contributed by atoms with Crippen molar-refractivity contribution in [3.63, 3.8) is 0 Å². The molecule has 2 aliphatic heterocycles. The van der Waals surface area contributed by atoms with E-state index in [4.69, 9.17) is 0 Å². The Balaban J connectivity index is 2.12. The maximum atomic E-state index is 4.58. The van der Waals surface area contributed by atoms with Gasteiger partial charge in [-0.05, 0) is 53.4 Å². The van der Waals surface area contributed by atoms with Gasteiger partial charge in [0.05, 0.1) is 0 Å². The third kappa shape index (κ3) is 2.26. The Morgan fingerprint density at radius 1 is 0.750 bits per heavy atom. The molecule has 0 aliphatic carbocycles. The van der Waals surface area contributed by atoms with E-state index < -0.39 is 0 Å². The summed E-state index contributed by atoms with van der Waals surface area (Å²) in [6.07, 6.45) is 5.82. The van der Waals surface area contributed by atoms with E-state index in [0.29, 0.717) is 0 Å². The summed E-state index contributed by atoms with van der Waals surface area (Å²) in [6.45, 7) is 14.5. The summed E-state index contributed by atoms with van der Waals surface area (Å²) in [5.41, 5.74) is 3.83. The van der Waals surface area contributed by atoms with E-state index in [9.17, 15) is 0 Å². The minimum absolute atomic E-state index is 0.141. The minimum atomic E-state index is 0.141. The first kappa shape index (κ1) is 13.0. The summed E-state index contributed by atoms with van der Waals surface area (Å²) < 4.78 is 0. The molecule has 16 heavy (non-hydrogen) atoms. The molecule has 2 heteroatoms. The normalized spacial score (nSPS) is 41.8. The lowest BCUT2D eigenvalue weighted by Gasteiger charge is -2.32. The second-order valence-electron chi connectivity index (χ2n) is 5.78. The maximum Gasteiger partial charge on any atom is -0.0195 e. The molecule has 0 saturated carbocycles. The van der Waals surface area contributed by atoms with Crippen molar-refractivity contribution in [2.24, 2.45) is 0 Å². The second kappa shape index (κ2) is 5.07. The highest BCUT2D eigenvalue weighted by Crippen LogP contribution is 2.74. The molecule has 0 spiro atoms. The van der Waals surface area contributed by atoms with Crippen molar-refractivity contribution < 1.29 is 0 Å². The minimum Gasteiger partial charge on any atom is -0.0908 e. The lowest BCUT2D eigenvalue weighted by molar-refractivity contribution is 0.777. The third-order valence-electron chi connectivity index (χ3n) is 4.50. The van der Waals surface area contributed by atoms with E-state index >= 15 is 0 Å². The van der Waals surface area contributed by atoms with Crippen LogP contribution in [0.2, 0.25) is 0 Å². The molecule has 0 aromatic rings. The van der Waals surface area contributed by atoms with Crippen LogP contribution < -0.4 is 0 Å². The molecule has 92 valence electrons. The van der Waals surface area contributed by atoms with Crippen LogP contribution in [0.1, 0.15) is 53.4 Å². The van der Waals surface area contributed by atoms with Crippen molar-refractivity contribution in [1.82, 2.24) is 0 Å². The molecule has 0 bridgehead atoms. The van der Waals surface area contributed by atoms with Gasteiger partial charge in [0.15, 0.2) is 0 Å². The van der Waals surface area contributed by atoms with E-state index in [2.05, 4.69) is 34.3 Å². The largest absolute Gasteiger partial charge is 0.0908 e. The molecule has 2 saturated heterocycles. The van der Waals surface area contributed by atoms with Gasteiger partial charge < -0.3 is 0 Å². The van der Waals surface area contributed by atoms with Crippen molar-refractivity contribution in [3.8, 4) is 0 Å². The van der Waals surface area contributed by atoms with Gasteiger partial charge in [0.25, 0.3) is 0 Å². The molecule has 0 aromatic carbocycles. The van der Waals surface area contributed by atoms with Gasteiger partial charge in [-0.15, -0.1) is 0 Å². The molecular formula is C14H26P2. The predicted molar refractivity (Wildman–Crippen MR) is 79.3 cm³/mol. The van der Waals surface area contributed by atoms with Gasteiger partial charge in [-0.1, -0.05) is 50.1 Å². The highest BCUT2D eigenvalue weighted by atomic mass is 31.2. The first-order valence-electron chi connectivity index (χ1n) is 6.78. The zero-order valence-corrected chi connectivity index (χ0v) is 13.0. The summed E-state index contributed by atoms with van der Waals surface area (Å²) in [6, 6.07) is 0. The lowest BCUT2D eigenvalue weighted by Crippen LogP contribution is -2.04. The fourth-order valence-corrected chi connectivity index (χ4v) is 12.5. The Morgan fingerprint density at radius 3 is 1.25 bits per heavy atom. The van der Waals surface area contributed by atoms with Crippen molar-refractivity contribution in [1.29, 1.82) is 0 Å². The van der Waals surface area contributed by atoms with E-state index in [1.54, 1.807) is 5.06 Å². The van der Waals surface area contributed by atoms with Gasteiger partial charge >= 0.3 is 0 Å². The van der Waals surface area contributed by atoms with E-state index in [1.165, 1.54) is 25.7 Å².